The van der Waals surface area contributed by atoms with Crippen LogP contribution in [-0.4, -0.2) is 30.2 Å². The number of nitrogens with one attached hydrogen (secondary N) is 2. The minimum atomic E-state index is 0.564. The van der Waals surface area contributed by atoms with Crippen molar-refractivity contribution < 1.29 is 4.74 Å². The Labute approximate surface area is 173 Å². The average molecular weight is 392 g/mol. The molecule has 0 aliphatic heterocycles. The van der Waals surface area contributed by atoms with Crippen LogP contribution in [-0.2, 0) is 0 Å². The number of anilines is 5. The van der Waals surface area contributed by atoms with E-state index in [9.17, 15) is 0 Å². The van der Waals surface area contributed by atoms with Crippen LogP contribution >= 0.6 is 0 Å². The summed E-state index contributed by atoms with van der Waals surface area (Å²) < 4.78 is 5.29. The molecular weight excluding hydrogens is 362 g/mol. The Hall–Kier alpha value is -3.28. The van der Waals surface area contributed by atoms with Crippen molar-refractivity contribution in [3.05, 3.63) is 59.8 Å². The van der Waals surface area contributed by atoms with Crippen LogP contribution in [0.25, 0.3) is 0 Å². The quantitative estimate of drug-likeness (QED) is 0.533. The number of nitrogens with zero attached hydrogens (tertiary/aromatic N) is 3. The molecule has 0 aliphatic carbocycles. The maximum absolute atomic E-state index is 5.29. The van der Waals surface area contributed by atoms with E-state index in [-0.39, 0.29) is 0 Å². The van der Waals surface area contributed by atoms with E-state index in [0.717, 1.165) is 47.3 Å². The number of methoxy groups -OCH3 is 1. The highest BCUT2D eigenvalue weighted by atomic mass is 16.5. The largest absolute Gasteiger partial charge is 0.497 e. The van der Waals surface area contributed by atoms with Crippen LogP contribution in [0.15, 0.2) is 48.5 Å². The van der Waals surface area contributed by atoms with E-state index in [0.29, 0.717) is 5.95 Å². The van der Waals surface area contributed by atoms with Crippen molar-refractivity contribution in [1.82, 2.24) is 9.97 Å². The lowest BCUT2D eigenvalue weighted by Gasteiger charge is -2.22. The number of aromatic nitrogens is 2. The first-order valence-corrected chi connectivity index (χ1v) is 9.91. The fraction of sp³-hybridized carbons (Fsp3) is 0.304. The molecule has 0 bridgehead atoms. The lowest BCUT2D eigenvalue weighted by molar-refractivity contribution is 0.415. The topological polar surface area (TPSA) is 62.3 Å². The standard InChI is InChI=1S/C23H29N5O/c1-6-28(7-2)19-11-12-21(16(3)13-19)26-23-24-17(4)14-22(27-23)25-18-9-8-10-20(15-18)29-5/h8-15H,6-7H2,1-5H3,(H2,24,25,26,27). The third-order valence-corrected chi connectivity index (χ3v) is 4.78. The Kier molecular flexibility index (Phi) is 6.54. The molecule has 29 heavy (non-hydrogen) atoms. The summed E-state index contributed by atoms with van der Waals surface area (Å²) in [4.78, 5) is 11.5. The van der Waals surface area contributed by atoms with Crippen LogP contribution in [0.4, 0.5) is 28.8 Å². The van der Waals surface area contributed by atoms with Crippen molar-refractivity contribution in [1.29, 1.82) is 0 Å². The predicted molar refractivity (Wildman–Crippen MR) is 121 cm³/mol. The summed E-state index contributed by atoms with van der Waals surface area (Å²) in [5.41, 5.74) is 5.17. The van der Waals surface area contributed by atoms with Gasteiger partial charge in [0.15, 0.2) is 0 Å². The number of hydrogen-bond acceptors (Lipinski definition) is 6. The summed E-state index contributed by atoms with van der Waals surface area (Å²) in [6, 6.07) is 16.1. The molecule has 0 atom stereocenters. The molecule has 0 aliphatic rings. The van der Waals surface area contributed by atoms with Gasteiger partial charge in [-0.1, -0.05) is 6.07 Å². The van der Waals surface area contributed by atoms with Gasteiger partial charge in [-0.3, -0.25) is 0 Å². The van der Waals surface area contributed by atoms with Gasteiger partial charge in [0.05, 0.1) is 7.11 Å². The molecule has 0 radical (unpaired) electrons. The monoisotopic (exact) mass is 391 g/mol. The van der Waals surface area contributed by atoms with Crippen LogP contribution in [0.2, 0.25) is 0 Å². The Balaban J connectivity index is 1.81. The number of hydrogen-bond donors (Lipinski definition) is 2. The smallest absolute Gasteiger partial charge is 0.229 e. The molecule has 6 nitrogen and oxygen atoms in total. The fourth-order valence-electron chi connectivity index (χ4n) is 3.23. The Morgan fingerprint density at radius 1 is 0.931 bits per heavy atom. The summed E-state index contributed by atoms with van der Waals surface area (Å²) in [5.74, 6) is 2.09. The van der Waals surface area contributed by atoms with Crippen LogP contribution in [0, 0.1) is 13.8 Å². The zero-order valence-corrected chi connectivity index (χ0v) is 17.8. The first kappa shape index (κ1) is 20.5. The zero-order valence-electron chi connectivity index (χ0n) is 17.8. The van der Waals surface area contributed by atoms with Gasteiger partial charge in [0.1, 0.15) is 11.6 Å². The first-order valence-electron chi connectivity index (χ1n) is 9.91. The molecule has 0 fully saturated rings. The summed E-state index contributed by atoms with van der Waals surface area (Å²) in [6.45, 7) is 10.4. The molecule has 0 saturated heterocycles. The highest BCUT2D eigenvalue weighted by molar-refractivity contribution is 5.66. The maximum Gasteiger partial charge on any atom is 0.229 e. The second-order valence-corrected chi connectivity index (χ2v) is 6.87. The molecule has 1 heterocycles. The van der Waals surface area contributed by atoms with Gasteiger partial charge in [-0.15, -0.1) is 0 Å². The Bertz CT molecular complexity index is 969. The molecule has 3 aromatic rings. The number of aryl methyl sites for hydroxylation is 2. The molecule has 152 valence electrons. The van der Waals surface area contributed by atoms with Crippen LogP contribution in [0.5, 0.6) is 5.75 Å². The molecule has 0 amide bonds. The van der Waals surface area contributed by atoms with Crippen molar-refractivity contribution in [2.24, 2.45) is 0 Å². The van der Waals surface area contributed by atoms with Crippen molar-refractivity contribution in [3.63, 3.8) is 0 Å². The van der Waals surface area contributed by atoms with Crippen molar-refractivity contribution >= 4 is 28.8 Å². The second kappa shape index (κ2) is 9.28. The van der Waals surface area contributed by atoms with Crippen LogP contribution in [0.3, 0.4) is 0 Å². The highest BCUT2D eigenvalue weighted by Crippen LogP contribution is 2.26. The summed E-state index contributed by atoms with van der Waals surface area (Å²) in [5, 5.41) is 6.68. The minimum Gasteiger partial charge on any atom is -0.497 e. The van der Waals surface area contributed by atoms with Crippen LogP contribution in [0.1, 0.15) is 25.1 Å². The second-order valence-electron chi connectivity index (χ2n) is 6.87. The summed E-state index contributed by atoms with van der Waals surface area (Å²) in [7, 11) is 1.66. The van der Waals surface area contributed by atoms with Gasteiger partial charge in [0.2, 0.25) is 5.95 Å². The lowest BCUT2D eigenvalue weighted by Crippen LogP contribution is -2.21. The Morgan fingerprint density at radius 2 is 1.72 bits per heavy atom. The van der Waals surface area contributed by atoms with Gasteiger partial charge in [-0.05, 0) is 63.6 Å². The Morgan fingerprint density at radius 3 is 2.41 bits per heavy atom. The van der Waals surface area contributed by atoms with Gasteiger partial charge >= 0.3 is 0 Å². The summed E-state index contributed by atoms with van der Waals surface area (Å²) >= 11 is 0. The number of rotatable bonds is 8. The average Bonchev–Trinajstić information content (AvgIpc) is 2.70. The molecule has 2 N–H and O–H groups in total. The summed E-state index contributed by atoms with van der Waals surface area (Å²) in [6.07, 6.45) is 0. The normalized spacial score (nSPS) is 10.5. The zero-order chi connectivity index (χ0) is 20.8. The van der Waals surface area contributed by atoms with E-state index in [1.54, 1.807) is 7.11 Å². The third-order valence-electron chi connectivity index (χ3n) is 4.78. The third kappa shape index (κ3) is 5.16. The number of ether oxygens (including phenoxy) is 1. The molecule has 2 aromatic carbocycles. The molecule has 1 aromatic heterocycles. The predicted octanol–water partition coefficient (Wildman–Crippen LogP) is 5.44. The van der Waals surface area contributed by atoms with Crippen LogP contribution < -0.4 is 20.3 Å². The lowest BCUT2D eigenvalue weighted by atomic mass is 10.1. The van der Waals surface area contributed by atoms with E-state index >= 15 is 0 Å². The van der Waals surface area contributed by atoms with E-state index in [1.165, 1.54) is 5.69 Å². The minimum absolute atomic E-state index is 0.564. The van der Waals surface area contributed by atoms with Gasteiger partial charge < -0.3 is 20.3 Å². The highest BCUT2D eigenvalue weighted by Gasteiger charge is 2.08. The molecule has 0 saturated carbocycles. The molecule has 3 rings (SSSR count). The van der Waals surface area contributed by atoms with E-state index in [2.05, 4.69) is 64.5 Å². The van der Waals surface area contributed by atoms with E-state index in [1.807, 2.05) is 37.3 Å². The van der Waals surface area contributed by atoms with E-state index < -0.39 is 0 Å². The van der Waals surface area contributed by atoms with Gasteiger partial charge in [0, 0.05) is 48.0 Å². The van der Waals surface area contributed by atoms with Gasteiger partial charge in [0.25, 0.3) is 0 Å². The van der Waals surface area contributed by atoms with E-state index in [4.69, 9.17) is 4.74 Å². The number of benzene rings is 2. The molecule has 0 spiro atoms. The molecular formula is C23H29N5O. The maximum atomic E-state index is 5.29. The fourth-order valence-corrected chi connectivity index (χ4v) is 3.23. The molecule has 0 unspecified atom stereocenters. The van der Waals surface area contributed by atoms with Gasteiger partial charge in [-0.25, -0.2) is 4.98 Å². The van der Waals surface area contributed by atoms with Crippen molar-refractivity contribution in [3.8, 4) is 5.75 Å². The first-order chi connectivity index (χ1) is 14.0. The van der Waals surface area contributed by atoms with Gasteiger partial charge in [-0.2, -0.15) is 4.98 Å². The SMILES string of the molecule is CCN(CC)c1ccc(Nc2nc(C)cc(Nc3cccc(OC)c3)n2)c(C)c1. The van der Waals surface area contributed by atoms with Crippen molar-refractivity contribution in [2.45, 2.75) is 27.7 Å². The van der Waals surface area contributed by atoms with Crippen molar-refractivity contribution in [2.75, 3.05) is 35.7 Å². The molecule has 6 heteroatoms.